The quantitative estimate of drug-likeness (QED) is 0.399. The van der Waals surface area contributed by atoms with Crippen LogP contribution < -0.4 is 14.8 Å². The van der Waals surface area contributed by atoms with Crippen molar-refractivity contribution < 1.29 is 26.6 Å². The van der Waals surface area contributed by atoms with E-state index < -0.39 is 21.9 Å². The zero-order valence-corrected chi connectivity index (χ0v) is 18.3. The SMILES string of the molecule is CC(=O)N/C(=C\c1ccc(OS(=O)(=O)c2ccc(C)cc2)cc1)C(=O)NCc1ccco1. The summed E-state index contributed by atoms with van der Waals surface area (Å²) in [6.45, 7) is 3.31. The van der Waals surface area contributed by atoms with Gasteiger partial charge < -0.3 is 19.2 Å². The van der Waals surface area contributed by atoms with Crippen LogP contribution in [0.3, 0.4) is 0 Å². The van der Waals surface area contributed by atoms with Crippen LogP contribution in [0.25, 0.3) is 6.08 Å². The number of amides is 2. The van der Waals surface area contributed by atoms with E-state index in [1.807, 2.05) is 6.92 Å². The van der Waals surface area contributed by atoms with Crippen LogP contribution >= 0.6 is 0 Å². The average molecular weight is 455 g/mol. The third kappa shape index (κ3) is 6.32. The van der Waals surface area contributed by atoms with Gasteiger partial charge in [-0.25, -0.2) is 0 Å². The van der Waals surface area contributed by atoms with Crippen LogP contribution in [-0.2, 0) is 26.3 Å². The molecule has 2 aromatic carbocycles. The highest BCUT2D eigenvalue weighted by atomic mass is 32.2. The highest BCUT2D eigenvalue weighted by Crippen LogP contribution is 2.20. The Labute approximate surface area is 186 Å². The molecule has 3 rings (SSSR count). The average Bonchev–Trinajstić information content (AvgIpc) is 3.26. The number of carbonyl (C=O) groups is 2. The molecular formula is C23H22N2O6S. The predicted octanol–water partition coefficient (Wildman–Crippen LogP) is 3.15. The molecule has 166 valence electrons. The topological polar surface area (TPSA) is 115 Å². The van der Waals surface area contributed by atoms with E-state index in [2.05, 4.69) is 10.6 Å². The fourth-order valence-electron chi connectivity index (χ4n) is 2.69. The first kappa shape index (κ1) is 22.8. The van der Waals surface area contributed by atoms with Gasteiger partial charge >= 0.3 is 10.1 Å². The van der Waals surface area contributed by atoms with Crippen LogP contribution in [0.15, 0.2) is 81.9 Å². The number of hydrogen-bond donors (Lipinski definition) is 2. The molecule has 3 aromatic rings. The Bertz CT molecular complexity index is 1210. The third-order valence-electron chi connectivity index (χ3n) is 4.27. The molecule has 0 saturated carbocycles. The minimum Gasteiger partial charge on any atom is -0.467 e. The molecule has 1 heterocycles. The maximum absolute atomic E-state index is 12.5. The fraction of sp³-hybridized carbons (Fsp3) is 0.130. The second-order valence-electron chi connectivity index (χ2n) is 6.92. The summed E-state index contributed by atoms with van der Waals surface area (Å²) < 4.78 is 35.2. The molecule has 9 heteroatoms. The zero-order valence-electron chi connectivity index (χ0n) is 17.5. The zero-order chi connectivity index (χ0) is 23.1. The van der Waals surface area contributed by atoms with E-state index >= 15 is 0 Å². The maximum atomic E-state index is 12.5. The summed E-state index contributed by atoms with van der Waals surface area (Å²) >= 11 is 0. The molecule has 32 heavy (non-hydrogen) atoms. The van der Waals surface area contributed by atoms with Gasteiger partial charge in [0.15, 0.2) is 0 Å². The molecule has 0 spiro atoms. The number of benzene rings is 2. The summed E-state index contributed by atoms with van der Waals surface area (Å²) in [7, 11) is -3.97. The van der Waals surface area contributed by atoms with Crippen molar-refractivity contribution in [2.24, 2.45) is 0 Å². The van der Waals surface area contributed by atoms with E-state index in [0.29, 0.717) is 11.3 Å². The van der Waals surface area contributed by atoms with Crippen LogP contribution in [0.4, 0.5) is 0 Å². The summed E-state index contributed by atoms with van der Waals surface area (Å²) in [6.07, 6.45) is 2.96. The first-order valence-electron chi connectivity index (χ1n) is 9.64. The lowest BCUT2D eigenvalue weighted by molar-refractivity contribution is -0.122. The molecule has 8 nitrogen and oxygen atoms in total. The second kappa shape index (κ2) is 9.97. The van der Waals surface area contributed by atoms with Crippen LogP contribution in [0.5, 0.6) is 5.75 Å². The van der Waals surface area contributed by atoms with E-state index in [1.165, 1.54) is 43.5 Å². The van der Waals surface area contributed by atoms with E-state index in [4.69, 9.17) is 8.60 Å². The van der Waals surface area contributed by atoms with Gasteiger partial charge in [-0.3, -0.25) is 9.59 Å². The van der Waals surface area contributed by atoms with Crippen LogP contribution in [0, 0.1) is 6.92 Å². The number of nitrogens with one attached hydrogen (secondary N) is 2. The van der Waals surface area contributed by atoms with Crippen molar-refractivity contribution in [2.75, 3.05) is 0 Å². The van der Waals surface area contributed by atoms with Crippen LogP contribution in [0.2, 0.25) is 0 Å². The minimum absolute atomic E-state index is 0.0324. The lowest BCUT2D eigenvalue weighted by Crippen LogP contribution is -2.33. The Balaban J connectivity index is 1.73. The normalized spacial score (nSPS) is 11.6. The monoisotopic (exact) mass is 454 g/mol. The highest BCUT2D eigenvalue weighted by molar-refractivity contribution is 7.87. The Hall–Kier alpha value is -3.85. The molecule has 0 aliphatic rings. The molecule has 2 amide bonds. The molecule has 2 N–H and O–H groups in total. The van der Waals surface area contributed by atoms with Gasteiger partial charge in [0, 0.05) is 6.92 Å². The molecule has 0 aliphatic heterocycles. The van der Waals surface area contributed by atoms with Crippen LogP contribution in [0.1, 0.15) is 23.8 Å². The van der Waals surface area contributed by atoms with Crippen LogP contribution in [-0.4, -0.2) is 20.2 Å². The molecule has 0 bridgehead atoms. The molecule has 1 aromatic heterocycles. The molecular weight excluding hydrogens is 432 g/mol. The minimum atomic E-state index is -3.97. The molecule has 0 aliphatic carbocycles. The lowest BCUT2D eigenvalue weighted by atomic mass is 10.1. The fourth-order valence-corrected chi connectivity index (χ4v) is 3.62. The summed E-state index contributed by atoms with van der Waals surface area (Å²) in [4.78, 5) is 24.0. The Kier molecular flexibility index (Phi) is 7.11. The van der Waals surface area contributed by atoms with Gasteiger partial charge in [-0.1, -0.05) is 29.8 Å². The van der Waals surface area contributed by atoms with Crippen molar-refractivity contribution in [3.05, 3.63) is 89.5 Å². The Morgan fingerprint density at radius 2 is 1.72 bits per heavy atom. The van der Waals surface area contributed by atoms with E-state index in [1.54, 1.807) is 36.4 Å². The summed E-state index contributed by atoms with van der Waals surface area (Å²) in [6, 6.07) is 15.8. The molecule has 0 radical (unpaired) electrons. The first-order chi connectivity index (χ1) is 15.2. The van der Waals surface area contributed by atoms with Gasteiger partial charge in [-0.15, -0.1) is 0 Å². The van der Waals surface area contributed by atoms with E-state index in [9.17, 15) is 18.0 Å². The lowest BCUT2D eigenvalue weighted by Gasteiger charge is -2.10. The number of hydrogen-bond acceptors (Lipinski definition) is 6. The van der Waals surface area contributed by atoms with Crippen molar-refractivity contribution in [3.8, 4) is 5.75 Å². The van der Waals surface area contributed by atoms with Gasteiger partial charge in [-0.05, 0) is 55.0 Å². The van der Waals surface area contributed by atoms with E-state index in [-0.39, 0.29) is 22.9 Å². The Morgan fingerprint density at radius 3 is 2.31 bits per heavy atom. The number of carbonyl (C=O) groups excluding carboxylic acids is 2. The highest BCUT2D eigenvalue weighted by Gasteiger charge is 2.16. The van der Waals surface area contributed by atoms with Crippen molar-refractivity contribution in [3.63, 3.8) is 0 Å². The largest absolute Gasteiger partial charge is 0.467 e. The number of aryl methyl sites for hydroxylation is 1. The number of furan rings is 1. The van der Waals surface area contributed by atoms with Gasteiger partial charge in [-0.2, -0.15) is 8.42 Å². The third-order valence-corrected chi connectivity index (χ3v) is 5.53. The molecule has 0 unspecified atom stereocenters. The summed E-state index contributed by atoms with van der Waals surface area (Å²) in [5.41, 5.74) is 1.52. The summed E-state index contributed by atoms with van der Waals surface area (Å²) in [5.74, 6) is -0.227. The Morgan fingerprint density at radius 1 is 1.03 bits per heavy atom. The molecule has 0 saturated heterocycles. The van der Waals surface area contributed by atoms with Crippen molar-refractivity contribution >= 4 is 28.0 Å². The molecule has 0 atom stereocenters. The smallest absolute Gasteiger partial charge is 0.339 e. The second-order valence-corrected chi connectivity index (χ2v) is 8.47. The van der Waals surface area contributed by atoms with Gasteiger partial charge in [0.1, 0.15) is 22.1 Å². The van der Waals surface area contributed by atoms with E-state index in [0.717, 1.165) is 5.56 Å². The molecule has 0 fully saturated rings. The van der Waals surface area contributed by atoms with Crippen molar-refractivity contribution in [2.45, 2.75) is 25.3 Å². The summed E-state index contributed by atoms with van der Waals surface area (Å²) in [5, 5.41) is 5.15. The maximum Gasteiger partial charge on any atom is 0.339 e. The standard InChI is InChI=1S/C23H22N2O6S/c1-16-5-11-21(12-6-16)32(28,29)31-19-9-7-18(8-10-19)14-22(25-17(2)26)23(27)24-15-20-4-3-13-30-20/h3-14H,15H2,1-2H3,(H,24,27)(H,25,26)/b22-14-. The first-order valence-corrected chi connectivity index (χ1v) is 11.0. The van der Waals surface area contributed by atoms with Crippen molar-refractivity contribution in [1.82, 2.24) is 10.6 Å². The van der Waals surface area contributed by atoms with Gasteiger partial charge in [0.2, 0.25) is 5.91 Å². The van der Waals surface area contributed by atoms with Crippen molar-refractivity contribution in [1.29, 1.82) is 0 Å². The van der Waals surface area contributed by atoms with Gasteiger partial charge in [0.05, 0.1) is 12.8 Å². The number of rotatable bonds is 8. The predicted molar refractivity (Wildman–Crippen MR) is 118 cm³/mol. The van der Waals surface area contributed by atoms with Gasteiger partial charge in [0.25, 0.3) is 5.91 Å².